The number of aliphatic carboxylic acids is 1. The number of aryl methyl sites for hydroxylation is 1. The number of carbonyl (C=O) groups excluding carboxylic acids is 2. The molecule has 2 fully saturated rings. The van der Waals surface area contributed by atoms with Crippen molar-refractivity contribution in [3.05, 3.63) is 29.8 Å². The zero-order chi connectivity index (χ0) is 25.0. The lowest BCUT2D eigenvalue weighted by Crippen LogP contribution is -2.78. The van der Waals surface area contributed by atoms with Crippen molar-refractivity contribution in [1.82, 2.24) is 0 Å². The Morgan fingerprint density at radius 3 is 2.12 bits per heavy atom. The number of ether oxygens (including phenoxy) is 1. The van der Waals surface area contributed by atoms with E-state index in [-0.39, 0.29) is 24.2 Å². The summed E-state index contributed by atoms with van der Waals surface area (Å²) in [6, 6.07) is 6.21. The molecule has 10 nitrogen and oxygen atoms in total. The number of nitrogens with zero attached hydrogens (tertiary/aromatic N) is 1. The highest BCUT2D eigenvalue weighted by Gasteiger charge is 2.73. The number of amides is 2. The van der Waals surface area contributed by atoms with Crippen molar-refractivity contribution in [3.8, 4) is 0 Å². The molecule has 0 spiro atoms. The maximum absolute atomic E-state index is 13.3. The first-order chi connectivity index (χ1) is 15.1. The Morgan fingerprint density at radius 1 is 1.15 bits per heavy atom. The number of hydrogen-bond donors (Lipinski definition) is 1. The summed E-state index contributed by atoms with van der Waals surface area (Å²) >= 11 is 0. The molecule has 1 heterocycles. The van der Waals surface area contributed by atoms with E-state index in [1.807, 2.05) is 6.92 Å². The number of rotatable bonds is 6. The van der Waals surface area contributed by atoms with Gasteiger partial charge < -0.3 is 19.7 Å². The quantitative estimate of drug-likeness (QED) is 0.468. The van der Waals surface area contributed by atoms with Crippen LogP contribution in [0.25, 0.3) is 0 Å². The number of carbonyl (C=O) groups is 3. The van der Waals surface area contributed by atoms with Crippen molar-refractivity contribution in [3.63, 3.8) is 0 Å². The Hall–Kier alpha value is -2.34. The third-order valence-corrected chi connectivity index (χ3v) is 8.03. The number of carboxylic acids is 1. The lowest BCUT2D eigenvalue weighted by molar-refractivity contribution is -0.881. The van der Waals surface area contributed by atoms with E-state index in [0.717, 1.165) is 5.56 Å². The Balaban J connectivity index is 1.72. The van der Waals surface area contributed by atoms with Crippen LogP contribution in [0.1, 0.15) is 52.5 Å². The molecular weight excluding hydrogens is 454 g/mol. The summed E-state index contributed by atoms with van der Waals surface area (Å²) in [6.07, 6.45) is -4.34. The van der Waals surface area contributed by atoms with Crippen LogP contribution in [0.4, 0.5) is 4.79 Å². The summed E-state index contributed by atoms with van der Waals surface area (Å²) in [4.78, 5) is 37.6. The number of quaternary nitrogens is 1. The second-order valence-corrected chi connectivity index (χ2v) is 11.5. The summed E-state index contributed by atoms with van der Waals surface area (Å²) in [5.41, 5.74) is -2.40. The van der Waals surface area contributed by atoms with E-state index < -0.39 is 62.0 Å². The maximum Gasteiger partial charge on any atom is 0.366 e. The fourth-order valence-electron chi connectivity index (χ4n) is 4.90. The maximum atomic E-state index is 13.3. The standard InChI is InChI=1S/C22H29NO9S/c1-13-6-8-16(9-7-13)33(29,30)32-15-10-14(11-15)31-17-12-22(5,19(25)26)23(18(17)24,20(27)28)21(2,3)4/h6-9,14-15,17H,10-12H2,1-5H3,(H-,25,26,27,28). The van der Waals surface area contributed by atoms with Gasteiger partial charge in [0.15, 0.2) is 6.10 Å². The highest BCUT2D eigenvalue weighted by atomic mass is 32.2. The predicted molar refractivity (Wildman–Crippen MR) is 112 cm³/mol. The van der Waals surface area contributed by atoms with Gasteiger partial charge in [0.05, 0.1) is 23.5 Å². The number of likely N-dealkylation sites (tertiary alicyclic amines) is 1. The smallest absolute Gasteiger partial charge is 0.366 e. The third-order valence-electron chi connectivity index (χ3n) is 6.65. The Kier molecular flexibility index (Phi) is 6.25. The molecule has 3 unspecified atom stereocenters. The van der Waals surface area contributed by atoms with Crippen LogP contribution < -0.4 is 5.11 Å². The van der Waals surface area contributed by atoms with Crippen molar-refractivity contribution in [1.29, 1.82) is 0 Å². The summed E-state index contributed by atoms with van der Waals surface area (Å²) in [5, 5.41) is 22.1. The van der Waals surface area contributed by atoms with Crippen LogP contribution in [0.2, 0.25) is 0 Å². The molecule has 1 aliphatic carbocycles. The third kappa shape index (κ3) is 3.96. The van der Waals surface area contributed by atoms with E-state index in [9.17, 15) is 33.0 Å². The van der Waals surface area contributed by atoms with Crippen molar-refractivity contribution in [2.45, 2.75) is 88.2 Å². The zero-order valence-electron chi connectivity index (χ0n) is 19.2. The van der Waals surface area contributed by atoms with Gasteiger partial charge in [-0.05, 0) is 39.8 Å². The molecule has 3 atom stereocenters. The molecule has 1 aromatic rings. The highest BCUT2D eigenvalue weighted by molar-refractivity contribution is 7.86. The molecule has 1 aromatic carbocycles. The van der Waals surface area contributed by atoms with Gasteiger partial charge in [0.2, 0.25) is 5.54 Å². The summed E-state index contributed by atoms with van der Waals surface area (Å²) in [5.74, 6) is -2.34. The first-order valence-electron chi connectivity index (χ1n) is 10.6. The van der Waals surface area contributed by atoms with Crippen LogP contribution in [0.15, 0.2) is 29.2 Å². The van der Waals surface area contributed by atoms with Gasteiger partial charge in [0, 0.05) is 19.8 Å². The molecule has 1 saturated carbocycles. The van der Waals surface area contributed by atoms with Crippen LogP contribution in [-0.4, -0.2) is 65.4 Å². The number of benzene rings is 1. The van der Waals surface area contributed by atoms with Crippen molar-refractivity contribution in [2.75, 3.05) is 0 Å². The highest BCUT2D eigenvalue weighted by Crippen LogP contribution is 2.47. The average molecular weight is 484 g/mol. The number of hydrogen-bond acceptors (Lipinski definition) is 8. The summed E-state index contributed by atoms with van der Waals surface area (Å²) in [6.45, 7) is 7.44. The van der Waals surface area contributed by atoms with Crippen molar-refractivity contribution < 1.29 is 46.4 Å². The molecule has 1 N–H and O–H groups in total. The topological polar surface area (TPSA) is 147 Å². The molecule has 0 bridgehead atoms. The Morgan fingerprint density at radius 2 is 1.70 bits per heavy atom. The van der Waals surface area contributed by atoms with Crippen LogP contribution in [-0.2, 0) is 28.6 Å². The van der Waals surface area contributed by atoms with Gasteiger partial charge in [-0.15, -0.1) is 0 Å². The second kappa shape index (κ2) is 8.15. The molecule has 11 heteroatoms. The van der Waals surface area contributed by atoms with Crippen molar-refractivity contribution in [2.24, 2.45) is 0 Å². The average Bonchev–Trinajstić information content (AvgIpc) is 2.88. The van der Waals surface area contributed by atoms with Gasteiger partial charge in [-0.25, -0.2) is 9.59 Å². The second-order valence-electron chi connectivity index (χ2n) is 9.93. The van der Waals surface area contributed by atoms with Crippen LogP contribution >= 0.6 is 0 Å². The van der Waals surface area contributed by atoms with Gasteiger partial charge in [0.25, 0.3) is 16.2 Å². The van der Waals surface area contributed by atoms with Gasteiger partial charge in [-0.3, -0.25) is 4.18 Å². The molecule has 182 valence electrons. The minimum Gasteiger partial charge on any atom is -0.498 e. The van der Waals surface area contributed by atoms with Crippen LogP contribution in [0.5, 0.6) is 0 Å². The summed E-state index contributed by atoms with van der Waals surface area (Å²) in [7, 11) is -3.97. The first-order valence-corrected chi connectivity index (χ1v) is 12.0. The molecule has 1 saturated heterocycles. The molecule has 0 radical (unpaired) electrons. The van der Waals surface area contributed by atoms with E-state index in [0.29, 0.717) is 0 Å². The van der Waals surface area contributed by atoms with E-state index in [4.69, 9.17) is 8.92 Å². The normalized spacial score (nSPS) is 32.4. The predicted octanol–water partition coefficient (Wildman–Crippen LogP) is 1.35. The molecule has 2 amide bonds. The molecule has 33 heavy (non-hydrogen) atoms. The summed E-state index contributed by atoms with van der Waals surface area (Å²) < 4.78 is 34.5. The Bertz CT molecular complexity index is 1070. The van der Waals surface area contributed by atoms with E-state index in [2.05, 4.69) is 0 Å². The Labute approximate surface area is 192 Å². The number of carboxylic acid groups (broad SMARTS) is 2. The van der Waals surface area contributed by atoms with E-state index in [1.54, 1.807) is 12.1 Å². The largest absolute Gasteiger partial charge is 0.498 e. The van der Waals surface area contributed by atoms with Gasteiger partial charge >= 0.3 is 11.9 Å². The lowest BCUT2D eigenvalue weighted by Gasteiger charge is -2.49. The van der Waals surface area contributed by atoms with Gasteiger partial charge in [0.1, 0.15) is 5.54 Å². The fraction of sp³-hybridized carbons (Fsp3) is 0.591. The van der Waals surface area contributed by atoms with E-state index in [1.165, 1.54) is 39.8 Å². The van der Waals surface area contributed by atoms with E-state index >= 15 is 0 Å². The van der Waals surface area contributed by atoms with Gasteiger partial charge in [-0.2, -0.15) is 12.9 Å². The molecule has 2 aliphatic rings. The molecule has 0 aromatic heterocycles. The minimum atomic E-state index is -3.97. The van der Waals surface area contributed by atoms with Crippen LogP contribution in [0, 0.1) is 6.92 Å². The van der Waals surface area contributed by atoms with Gasteiger partial charge in [-0.1, -0.05) is 17.7 Å². The number of imide groups is 1. The first kappa shape index (κ1) is 25.3. The van der Waals surface area contributed by atoms with Crippen LogP contribution in [0.3, 0.4) is 0 Å². The molecule has 3 rings (SSSR count). The SMILES string of the molecule is Cc1ccc(S(=O)(=O)OC2CC(OC3CC(C)(C(=O)O)[N+](C(=O)[O-])(C(C)(C)C)C3=O)C2)cc1. The zero-order valence-corrected chi connectivity index (χ0v) is 20.0. The minimum absolute atomic E-state index is 0.0295. The lowest BCUT2D eigenvalue weighted by atomic mass is 9.89. The molecule has 1 aliphatic heterocycles. The van der Waals surface area contributed by atoms with Crippen molar-refractivity contribution >= 4 is 28.1 Å². The molecular formula is C22H29NO9S. The monoisotopic (exact) mass is 483 g/mol. The fourth-order valence-corrected chi connectivity index (χ4v) is 5.99.